The van der Waals surface area contributed by atoms with Gasteiger partial charge in [0.15, 0.2) is 0 Å². The number of likely N-dealkylation sites (N-methyl/N-ethyl adjacent to an activating group) is 1. The summed E-state index contributed by atoms with van der Waals surface area (Å²) in [6.45, 7) is 4.34. The molecule has 0 aromatic heterocycles. The van der Waals surface area contributed by atoms with Crippen molar-refractivity contribution in [3.63, 3.8) is 0 Å². The molecule has 0 unspecified atom stereocenters. The van der Waals surface area contributed by atoms with Crippen molar-refractivity contribution in [1.29, 1.82) is 0 Å². The van der Waals surface area contributed by atoms with E-state index in [-0.39, 0.29) is 18.0 Å². The van der Waals surface area contributed by atoms with Gasteiger partial charge in [-0.25, -0.2) is 8.42 Å². The summed E-state index contributed by atoms with van der Waals surface area (Å²) in [5, 5.41) is 0. The lowest BCUT2D eigenvalue weighted by molar-refractivity contribution is -0.114. The molecule has 8 heteroatoms. The number of nitrogens with zero attached hydrogens (tertiary/aromatic N) is 3. The van der Waals surface area contributed by atoms with Gasteiger partial charge in [0.2, 0.25) is 15.9 Å². The molecule has 0 aliphatic carbocycles. The van der Waals surface area contributed by atoms with Crippen LogP contribution in [0, 0.1) is 0 Å². The maximum Gasteiger partial charge on any atom is 0.245 e. The fraction of sp³-hybridized carbons (Fsp3) is 0.318. The number of hydrogen-bond donors (Lipinski definition) is 1. The van der Waals surface area contributed by atoms with Gasteiger partial charge in [-0.15, -0.1) is 0 Å². The lowest BCUT2D eigenvalue weighted by atomic mass is 10.1. The number of sulfonamides is 1. The topological polar surface area (TPSA) is 87.0 Å². The van der Waals surface area contributed by atoms with Gasteiger partial charge in [0.05, 0.1) is 4.90 Å². The minimum Gasteiger partial charge on any atom is -0.369 e. The zero-order valence-electron chi connectivity index (χ0n) is 17.0. The third kappa shape index (κ3) is 4.12. The van der Waals surface area contributed by atoms with Crippen molar-refractivity contribution in [2.75, 3.05) is 51.2 Å². The zero-order valence-corrected chi connectivity index (χ0v) is 17.8. The Morgan fingerprint density at radius 2 is 1.47 bits per heavy atom. The highest BCUT2D eigenvalue weighted by molar-refractivity contribution is 7.89. The van der Waals surface area contributed by atoms with E-state index in [0.29, 0.717) is 5.57 Å². The Morgan fingerprint density at radius 3 is 2.00 bits per heavy atom. The van der Waals surface area contributed by atoms with Crippen LogP contribution in [-0.2, 0) is 14.8 Å². The van der Waals surface area contributed by atoms with Gasteiger partial charge in [-0.1, -0.05) is 30.3 Å². The van der Waals surface area contributed by atoms with Gasteiger partial charge >= 0.3 is 0 Å². The molecule has 2 aromatic rings. The second-order valence-corrected chi connectivity index (χ2v) is 9.69. The number of benzene rings is 2. The number of carbonyl (C=O) groups is 1. The molecule has 1 saturated heterocycles. The molecular formula is C22H26N4O3S. The van der Waals surface area contributed by atoms with Gasteiger partial charge in [-0.05, 0) is 42.4 Å². The highest BCUT2D eigenvalue weighted by Crippen LogP contribution is 2.27. The molecule has 2 aliphatic heterocycles. The fourth-order valence-electron chi connectivity index (χ4n) is 3.79. The molecule has 1 amide bonds. The summed E-state index contributed by atoms with van der Waals surface area (Å²) >= 11 is 0. The molecule has 0 saturated carbocycles. The average Bonchev–Trinajstić information content (AvgIpc) is 3.26. The van der Waals surface area contributed by atoms with Crippen molar-refractivity contribution in [2.24, 2.45) is 5.73 Å². The lowest BCUT2D eigenvalue weighted by Gasteiger charge is -2.34. The third-order valence-electron chi connectivity index (χ3n) is 5.77. The Bertz CT molecular complexity index is 1050. The standard InChI is InChI=1S/C22H26N4O3S/c1-24-12-14-25(15-13-24)20-6-2-17(3-7-20)18-4-8-21(9-5-18)30(28,29)26-11-10-19(16-26)22(23)27/h2-10H,11-16H2,1H3,(H2,23,27). The number of rotatable bonds is 5. The van der Waals surface area contributed by atoms with Crippen LogP contribution in [0.25, 0.3) is 11.1 Å². The van der Waals surface area contributed by atoms with Crippen LogP contribution in [0.15, 0.2) is 65.1 Å². The monoisotopic (exact) mass is 426 g/mol. The molecule has 4 rings (SSSR count). The van der Waals surface area contributed by atoms with Crippen LogP contribution in [0.1, 0.15) is 0 Å². The maximum atomic E-state index is 12.8. The van der Waals surface area contributed by atoms with Crippen molar-refractivity contribution < 1.29 is 13.2 Å². The van der Waals surface area contributed by atoms with E-state index in [1.807, 2.05) is 12.1 Å². The van der Waals surface area contributed by atoms with Crippen LogP contribution < -0.4 is 10.6 Å². The fourth-order valence-corrected chi connectivity index (χ4v) is 5.15. The van der Waals surface area contributed by atoms with E-state index in [2.05, 4.69) is 41.1 Å². The summed E-state index contributed by atoms with van der Waals surface area (Å²) in [5.41, 5.74) is 8.78. The summed E-state index contributed by atoms with van der Waals surface area (Å²) in [6.07, 6.45) is 1.57. The summed E-state index contributed by atoms with van der Waals surface area (Å²) in [7, 11) is -1.53. The SMILES string of the molecule is CN1CCN(c2ccc(-c3ccc(S(=O)(=O)N4CC=C(C(N)=O)C4)cc3)cc2)CC1. The van der Waals surface area contributed by atoms with E-state index >= 15 is 0 Å². The molecule has 2 N–H and O–H groups in total. The van der Waals surface area contributed by atoms with E-state index < -0.39 is 15.9 Å². The third-order valence-corrected chi connectivity index (χ3v) is 7.59. The Balaban J connectivity index is 1.46. The quantitative estimate of drug-likeness (QED) is 0.783. The van der Waals surface area contributed by atoms with E-state index in [9.17, 15) is 13.2 Å². The Morgan fingerprint density at radius 1 is 0.900 bits per heavy atom. The van der Waals surface area contributed by atoms with Crippen LogP contribution in [0.4, 0.5) is 5.69 Å². The highest BCUT2D eigenvalue weighted by atomic mass is 32.2. The first kappa shape index (κ1) is 20.6. The molecule has 2 aromatic carbocycles. The first-order valence-corrected chi connectivity index (χ1v) is 11.4. The number of piperazine rings is 1. The normalized spacial score (nSPS) is 18.4. The minimum atomic E-state index is -3.67. The molecule has 0 bridgehead atoms. The summed E-state index contributed by atoms with van der Waals surface area (Å²) < 4.78 is 26.9. The van der Waals surface area contributed by atoms with Gasteiger partial charge in [0.25, 0.3) is 0 Å². The van der Waals surface area contributed by atoms with Crippen molar-refractivity contribution >= 4 is 21.6 Å². The van der Waals surface area contributed by atoms with E-state index in [0.717, 1.165) is 37.3 Å². The van der Waals surface area contributed by atoms with Crippen molar-refractivity contribution in [2.45, 2.75) is 4.90 Å². The maximum absolute atomic E-state index is 12.8. The van der Waals surface area contributed by atoms with Crippen molar-refractivity contribution in [3.8, 4) is 11.1 Å². The van der Waals surface area contributed by atoms with Crippen molar-refractivity contribution in [1.82, 2.24) is 9.21 Å². The zero-order chi connectivity index (χ0) is 21.3. The molecule has 0 spiro atoms. The summed E-state index contributed by atoms with van der Waals surface area (Å²) in [4.78, 5) is 16.2. The highest BCUT2D eigenvalue weighted by Gasteiger charge is 2.29. The minimum absolute atomic E-state index is 0.0210. The predicted octanol–water partition coefficient (Wildman–Crippen LogP) is 1.52. The van der Waals surface area contributed by atoms with E-state index in [4.69, 9.17) is 5.73 Å². The molecule has 2 heterocycles. The van der Waals surface area contributed by atoms with Crippen LogP contribution in [0.3, 0.4) is 0 Å². The van der Waals surface area contributed by atoms with Gasteiger partial charge in [0, 0.05) is 50.5 Å². The van der Waals surface area contributed by atoms with Gasteiger partial charge in [0.1, 0.15) is 0 Å². The molecule has 30 heavy (non-hydrogen) atoms. The molecular weight excluding hydrogens is 400 g/mol. The van der Waals surface area contributed by atoms with Gasteiger partial charge in [-0.3, -0.25) is 4.79 Å². The molecule has 1 fully saturated rings. The van der Waals surface area contributed by atoms with Crippen LogP contribution in [-0.4, -0.2) is 69.8 Å². The second-order valence-electron chi connectivity index (χ2n) is 7.75. The number of primary amides is 1. The molecule has 2 aliphatic rings. The predicted molar refractivity (Wildman–Crippen MR) is 118 cm³/mol. The van der Waals surface area contributed by atoms with Gasteiger partial charge < -0.3 is 15.5 Å². The summed E-state index contributed by atoms with van der Waals surface area (Å²) in [6, 6.07) is 15.2. The molecule has 0 atom stereocenters. The number of nitrogens with two attached hydrogens (primary N) is 1. The lowest BCUT2D eigenvalue weighted by Crippen LogP contribution is -2.44. The first-order chi connectivity index (χ1) is 14.3. The van der Waals surface area contributed by atoms with E-state index in [1.54, 1.807) is 18.2 Å². The Labute approximate surface area is 177 Å². The average molecular weight is 427 g/mol. The number of hydrogen-bond acceptors (Lipinski definition) is 5. The van der Waals surface area contributed by atoms with Crippen LogP contribution in [0.5, 0.6) is 0 Å². The second kappa shape index (κ2) is 8.22. The van der Waals surface area contributed by atoms with Crippen LogP contribution >= 0.6 is 0 Å². The number of anilines is 1. The molecule has 7 nitrogen and oxygen atoms in total. The smallest absolute Gasteiger partial charge is 0.245 e. The molecule has 158 valence electrons. The first-order valence-electron chi connectivity index (χ1n) is 9.97. The largest absolute Gasteiger partial charge is 0.369 e. The van der Waals surface area contributed by atoms with E-state index in [1.165, 1.54) is 9.99 Å². The van der Waals surface area contributed by atoms with Gasteiger partial charge in [-0.2, -0.15) is 4.31 Å². The number of carbonyl (C=O) groups excluding carboxylic acids is 1. The summed E-state index contributed by atoms with van der Waals surface area (Å²) in [5.74, 6) is -0.580. The Kier molecular flexibility index (Phi) is 5.64. The number of amides is 1. The Hall–Kier alpha value is -2.68. The molecule has 0 radical (unpaired) electrons. The van der Waals surface area contributed by atoms with Crippen molar-refractivity contribution in [3.05, 3.63) is 60.2 Å². The van der Waals surface area contributed by atoms with Crippen LogP contribution in [0.2, 0.25) is 0 Å².